The Morgan fingerprint density at radius 2 is 1.53 bits per heavy atom. The third-order valence-electron chi connectivity index (χ3n) is 2.94. The molecule has 0 fully saturated rings. The molecule has 1 heterocycles. The highest BCUT2D eigenvalue weighted by Crippen LogP contribution is 2.33. The van der Waals surface area contributed by atoms with Crippen molar-refractivity contribution in [2.45, 2.75) is 0 Å². The van der Waals surface area contributed by atoms with E-state index < -0.39 is 0 Å². The van der Waals surface area contributed by atoms with Gasteiger partial charge in [0, 0.05) is 8.04 Å². The summed E-state index contributed by atoms with van der Waals surface area (Å²) in [4.78, 5) is 25.9. The summed E-state index contributed by atoms with van der Waals surface area (Å²) in [6.07, 6.45) is 0. The average Bonchev–Trinajstić information content (AvgIpc) is 2.66. The van der Waals surface area contributed by atoms with Gasteiger partial charge in [0.25, 0.3) is 11.8 Å². The Kier molecular flexibility index (Phi) is 3.18. The number of fused-ring (bicyclic) bond motifs is 1. The van der Waals surface area contributed by atoms with E-state index >= 15 is 0 Å². The van der Waals surface area contributed by atoms with Crippen LogP contribution in [0.2, 0.25) is 0 Å². The fourth-order valence-electron chi connectivity index (χ4n) is 2.07. The fourth-order valence-corrected chi connectivity index (χ4v) is 2.99. The molecule has 94 valence electrons. The number of amides is 2. The number of rotatable bonds is 1. The van der Waals surface area contributed by atoms with Crippen molar-refractivity contribution in [2.24, 2.45) is 0 Å². The Bertz CT molecular complexity index is 679. The second kappa shape index (κ2) is 4.72. The first kappa shape index (κ1) is 12.8. The van der Waals surface area contributed by atoms with Crippen LogP contribution >= 0.6 is 38.5 Å². The molecule has 0 saturated carbocycles. The second-order valence-corrected chi connectivity index (χ2v) is 6.16. The molecule has 2 aromatic carbocycles. The van der Waals surface area contributed by atoms with E-state index in [0.717, 1.165) is 8.04 Å². The number of benzene rings is 2. The average molecular weight is 428 g/mol. The molecule has 2 amide bonds. The van der Waals surface area contributed by atoms with Crippen LogP contribution in [0, 0.1) is 3.57 Å². The first-order chi connectivity index (χ1) is 9.09. The standard InChI is InChI=1S/C14H7BrINO2/c15-8-5-6-11(16)12(7-8)17-13(18)9-3-1-2-4-10(9)14(17)19/h1-7H. The topological polar surface area (TPSA) is 37.4 Å². The van der Waals surface area contributed by atoms with Crippen LogP contribution in [-0.4, -0.2) is 11.8 Å². The maximum Gasteiger partial charge on any atom is 0.266 e. The van der Waals surface area contributed by atoms with Gasteiger partial charge >= 0.3 is 0 Å². The van der Waals surface area contributed by atoms with E-state index in [1.54, 1.807) is 30.3 Å². The van der Waals surface area contributed by atoms with E-state index in [0.29, 0.717) is 16.8 Å². The van der Waals surface area contributed by atoms with Gasteiger partial charge in [-0.25, -0.2) is 4.90 Å². The van der Waals surface area contributed by atoms with Gasteiger partial charge in [0.2, 0.25) is 0 Å². The lowest BCUT2D eigenvalue weighted by Crippen LogP contribution is -2.30. The molecule has 0 atom stereocenters. The minimum absolute atomic E-state index is 0.267. The number of imide groups is 1. The largest absolute Gasteiger partial charge is 0.268 e. The van der Waals surface area contributed by atoms with Crippen LogP contribution in [0.5, 0.6) is 0 Å². The van der Waals surface area contributed by atoms with E-state index in [1.807, 2.05) is 12.1 Å². The molecule has 3 nitrogen and oxygen atoms in total. The minimum atomic E-state index is -0.267. The highest BCUT2D eigenvalue weighted by molar-refractivity contribution is 14.1. The first-order valence-corrected chi connectivity index (χ1v) is 7.39. The molecule has 0 aliphatic carbocycles. The normalized spacial score (nSPS) is 13.9. The third kappa shape index (κ3) is 2.01. The molecule has 5 heteroatoms. The number of anilines is 1. The van der Waals surface area contributed by atoms with Gasteiger partial charge in [-0.2, -0.15) is 0 Å². The van der Waals surface area contributed by atoms with Gasteiger partial charge in [-0.05, 0) is 52.9 Å². The molecule has 0 aromatic heterocycles. The van der Waals surface area contributed by atoms with Gasteiger partial charge in [-0.1, -0.05) is 28.1 Å². The van der Waals surface area contributed by atoms with Crippen LogP contribution in [0.4, 0.5) is 5.69 Å². The van der Waals surface area contributed by atoms with Crippen molar-refractivity contribution in [3.8, 4) is 0 Å². The molecule has 0 radical (unpaired) electrons. The molecular formula is C14H7BrINO2. The highest BCUT2D eigenvalue weighted by Gasteiger charge is 2.37. The Morgan fingerprint density at radius 1 is 0.947 bits per heavy atom. The number of carbonyl (C=O) groups excluding carboxylic acids is 2. The van der Waals surface area contributed by atoms with Gasteiger partial charge in [0.05, 0.1) is 16.8 Å². The van der Waals surface area contributed by atoms with Gasteiger partial charge in [0.1, 0.15) is 0 Å². The molecule has 0 spiro atoms. The number of hydrogen-bond donors (Lipinski definition) is 0. The molecule has 19 heavy (non-hydrogen) atoms. The summed E-state index contributed by atoms with van der Waals surface area (Å²) in [6, 6.07) is 12.4. The smallest absolute Gasteiger partial charge is 0.266 e. The summed E-state index contributed by atoms with van der Waals surface area (Å²) in [5.74, 6) is -0.534. The molecule has 0 N–H and O–H groups in total. The molecule has 0 saturated heterocycles. The summed E-state index contributed by atoms with van der Waals surface area (Å²) in [7, 11) is 0. The van der Waals surface area contributed by atoms with Crippen molar-refractivity contribution < 1.29 is 9.59 Å². The Balaban J connectivity index is 2.17. The van der Waals surface area contributed by atoms with Crippen LogP contribution in [0.25, 0.3) is 0 Å². The summed E-state index contributed by atoms with van der Waals surface area (Å²) in [5.41, 5.74) is 1.53. The zero-order chi connectivity index (χ0) is 13.6. The van der Waals surface area contributed by atoms with Crippen molar-refractivity contribution in [3.63, 3.8) is 0 Å². The Labute approximate surface area is 131 Å². The van der Waals surface area contributed by atoms with E-state index in [-0.39, 0.29) is 11.8 Å². The lowest BCUT2D eigenvalue weighted by molar-refractivity contribution is 0.0926. The van der Waals surface area contributed by atoms with Crippen LogP contribution in [0.15, 0.2) is 46.9 Å². The second-order valence-electron chi connectivity index (χ2n) is 4.09. The van der Waals surface area contributed by atoms with Crippen molar-refractivity contribution in [1.29, 1.82) is 0 Å². The molecule has 1 aliphatic heterocycles. The fraction of sp³-hybridized carbons (Fsp3) is 0. The lowest BCUT2D eigenvalue weighted by atomic mass is 10.1. The zero-order valence-electron chi connectivity index (χ0n) is 9.56. The Hall–Kier alpha value is -1.21. The molecule has 1 aliphatic rings. The number of carbonyl (C=O) groups is 2. The van der Waals surface area contributed by atoms with E-state index in [2.05, 4.69) is 38.5 Å². The van der Waals surface area contributed by atoms with Crippen LogP contribution in [0.1, 0.15) is 20.7 Å². The van der Waals surface area contributed by atoms with Crippen molar-refractivity contribution in [1.82, 2.24) is 0 Å². The molecule has 0 bridgehead atoms. The number of hydrogen-bond acceptors (Lipinski definition) is 2. The molecular weight excluding hydrogens is 421 g/mol. The van der Waals surface area contributed by atoms with E-state index in [9.17, 15) is 9.59 Å². The monoisotopic (exact) mass is 427 g/mol. The van der Waals surface area contributed by atoms with E-state index in [4.69, 9.17) is 0 Å². The third-order valence-corrected chi connectivity index (χ3v) is 4.35. The van der Waals surface area contributed by atoms with Crippen molar-refractivity contribution >= 4 is 56.0 Å². The van der Waals surface area contributed by atoms with Crippen molar-refractivity contribution in [2.75, 3.05) is 4.90 Å². The quantitative estimate of drug-likeness (QED) is 0.512. The molecule has 3 rings (SSSR count). The predicted octanol–water partition coefficient (Wildman–Crippen LogP) is 3.85. The summed E-state index contributed by atoms with van der Waals surface area (Å²) in [5, 5.41) is 0. The first-order valence-electron chi connectivity index (χ1n) is 5.52. The SMILES string of the molecule is O=C1c2ccccc2C(=O)N1c1cc(Br)ccc1I. The summed E-state index contributed by atoms with van der Waals surface area (Å²) >= 11 is 5.48. The minimum Gasteiger partial charge on any atom is -0.268 e. The maximum atomic E-state index is 12.4. The number of halogens is 2. The summed E-state index contributed by atoms with van der Waals surface area (Å²) in [6.45, 7) is 0. The van der Waals surface area contributed by atoms with Crippen LogP contribution in [0.3, 0.4) is 0 Å². The number of nitrogens with zero attached hydrogens (tertiary/aromatic N) is 1. The van der Waals surface area contributed by atoms with E-state index in [1.165, 1.54) is 4.90 Å². The lowest BCUT2D eigenvalue weighted by Gasteiger charge is -2.16. The predicted molar refractivity (Wildman–Crippen MR) is 84.4 cm³/mol. The Morgan fingerprint density at radius 3 is 2.11 bits per heavy atom. The summed E-state index contributed by atoms with van der Waals surface area (Å²) < 4.78 is 1.69. The van der Waals surface area contributed by atoms with Crippen molar-refractivity contribution in [3.05, 3.63) is 61.6 Å². The van der Waals surface area contributed by atoms with Gasteiger partial charge < -0.3 is 0 Å². The van der Waals surface area contributed by atoms with Gasteiger partial charge in [0.15, 0.2) is 0 Å². The molecule has 0 unspecified atom stereocenters. The maximum absolute atomic E-state index is 12.4. The van der Waals surface area contributed by atoms with Gasteiger partial charge in [-0.3, -0.25) is 9.59 Å². The van der Waals surface area contributed by atoms with Crippen LogP contribution < -0.4 is 4.90 Å². The molecule has 2 aromatic rings. The zero-order valence-corrected chi connectivity index (χ0v) is 13.3. The highest BCUT2D eigenvalue weighted by atomic mass is 127. The van der Waals surface area contributed by atoms with Gasteiger partial charge in [-0.15, -0.1) is 0 Å². The van der Waals surface area contributed by atoms with Crippen LogP contribution in [-0.2, 0) is 0 Å².